The van der Waals surface area contributed by atoms with Crippen molar-refractivity contribution in [2.45, 2.75) is 11.4 Å². The second-order valence-electron chi connectivity index (χ2n) is 3.54. The van der Waals surface area contributed by atoms with E-state index in [2.05, 4.69) is 45.5 Å². The molecule has 17 heavy (non-hydrogen) atoms. The highest BCUT2D eigenvalue weighted by molar-refractivity contribution is 9.10. The van der Waals surface area contributed by atoms with Crippen LogP contribution in [-0.2, 0) is 6.54 Å². The average molecular weight is 312 g/mol. The van der Waals surface area contributed by atoms with E-state index in [0.717, 1.165) is 29.3 Å². The van der Waals surface area contributed by atoms with Crippen molar-refractivity contribution >= 4 is 27.7 Å². The van der Waals surface area contributed by atoms with Crippen molar-refractivity contribution in [2.24, 2.45) is 0 Å². The van der Waals surface area contributed by atoms with Gasteiger partial charge < -0.3 is 9.73 Å². The lowest BCUT2D eigenvalue weighted by molar-refractivity contribution is 0.469. The summed E-state index contributed by atoms with van der Waals surface area (Å²) in [6.45, 7) is 1.75. The molecule has 0 unspecified atom stereocenters. The van der Waals surface area contributed by atoms with Gasteiger partial charge in [0.25, 0.3) is 0 Å². The largest absolute Gasteiger partial charge is 0.453 e. The Hall–Kier alpha value is -0.710. The molecule has 0 saturated heterocycles. The van der Waals surface area contributed by atoms with Gasteiger partial charge in [-0.25, -0.2) is 0 Å². The van der Waals surface area contributed by atoms with Crippen LogP contribution in [0, 0.1) is 0 Å². The summed E-state index contributed by atoms with van der Waals surface area (Å²) in [5.41, 5.74) is 0. The normalized spacial score (nSPS) is 10.6. The SMILES string of the molecule is Brc1ccc(CNCCSc2ccccc2)o1. The highest BCUT2D eigenvalue weighted by atomic mass is 79.9. The molecule has 0 amide bonds. The van der Waals surface area contributed by atoms with Crippen LogP contribution in [0.5, 0.6) is 0 Å². The molecule has 4 heteroatoms. The highest BCUT2D eigenvalue weighted by Crippen LogP contribution is 2.16. The minimum absolute atomic E-state index is 0.779. The summed E-state index contributed by atoms with van der Waals surface area (Å²) in [5, 5.41) is 3.35. The van der Waals surface area contributed by atoms with Gasteiger partial charge in [-0.3, -0.25) is 0 Å². The zero-order valence-electron chi connectivity index (χ0n) is 9.36. The van der Waals surface area contributed by atoms with Crippen LogP contribution in [0.1, 0.15) is 5.76 Å². The van der Waals surface area contributed by atoms with Crippen LogP contribution in [0.4, 0.5) is 0 Å². The Bertz CT molecular complexity index is 444. The third-order valence-electron chi connectivity index (χ3n) is 2.22. The zero-order chi connectivity index (χ0) is 11.9. The van der Waals surface area contributed by atoms with Gasteiger partial charge in [-0.05, 0) is 40.2 Å². The van der Waals surface area contributed by atoms with Gasteiger partial charge in [-0.1, -0.05) is 18.2 Å². The fourth-order valence-electron chi connectivity index (χ4n) is 1.42. The zero-order valence-corrected chi connectivity index (χ0v) is 11.8. The summed E-state index contributed by atoms with van der Waals surface area (Å²) >= 11 is 5.15. The maximum Gasteiger partial charge on any atom is 0.169 e. The van der Waals surface area contributed by atoms with E-state index < -0.39 is 0 Å². The fraction of sp³-hybridized carbons (Fsp3) is 0.231. The first-order valence-electron chi connectivity index (χ1n) is 5.47. The number of nitrogens with one attached hydrogen (secondary N) is 1. The lowest BCUT2D eigenvalue weighted by Crippen LogP contribution is -2.15. The van der Waals surface area contributed by atoms with Crippen LogP contribution in [0.15, 0.2) is 56.4 Å². The number of furan rings is 1. The molecule has 1 heterocycles. The van der Waals surface area contributed by atoms with E-state index in [4.69, 9.17) is 4.42 Å². The van der Waals surface area contributed by atoms with Gasteiger partial charge in [0.05, 0.1) is 6.54 Å². The Morgan fingerprint density at radius 2 is 1.94 bits per heavy atom. The first-order valence-corrected chi connectivity index (χ1v) is 7.25. The molecular weight excluding hydrogens is 298 g/mol. The van der Waals surface area contributed by atoms with Gasteiger partial charge in [-0.2, -0.15) is 0 Å². The van der Waals surface area contributed by atoms with Gasteiger partial charge in [0.1, 0.15) is 5.76 Å². The van der Waals surface area contributed by atoms with Crippen LogP contribution in [0.2, 0.25) is 0 Å². The maximum absolute atomic E-state index is 5.40. The van der Waals surface area contributed by atoms with E-state index in [1.807, 2.05) is 30.0 Å². The smallest absolute Gasteiger partial charge is 0.169 e. The van der Waals surface area contributed by atoms with Crippen molar-refractivity contribution in [1.29, 1.82) is 0 Å². The second-order valence-corrected chi connectivity index (χ2v) is 5.49. The van der Waals surface area contributed by atoms with Crippen molar-refractivity contribution in [2.75, 3.05) is 12.3 Å². The minimum Gasteiger partial charge on any atom is -0.453 e. The van der Waals surface area contributed by atoms with Crippen molar-refractivity contribution in [3.8, 4) is 0 Å². The molecule has 0 spiro atoms. The van der Waals surface area contributed by atoms with E-state index in [1.165, 1.54) is 4.90 Å². The van der Waals surface area contributed by atoms with E-state index in [0.29, 0.717) is 0 Å². The molecule has 1 aromatic heterocycles. The first kappa shape index (κ1) is 12.7. The van der Waals surface area contributed by atoms with E-state index in [1.54, 1.807) is 0 Å². The summed E-state index contributed by atoms with van der Waals surface area (Å²) in [7, 11) is 0. The number of rotatable bonds is 6. The van der Waals surface area contributed by atoms with Gasteiger partial charge in [0, 0.05) is 17.2 Å². The molecule has 0 atom stereocenters. The van der Waals surface area contributed by atoms with Crippen LogP contribution in [0.3, 0.4) is 0 Å². The first-order chi connectivity index (χ1) is 8.34. The number of hydrogen-bond donors (Lipinski definition) is 1. The molecule has 0 aliphatic rings. The van der Waals surface area contributed by atoms with Crippen LogP contribution in [-0.4, -0.2) is 12.3 Å². The van der Waals surface area contributed by atoms with Crippen molar-refractivity contribution in [3.63, 3.8) is 0 Å². The molecule has 1 N–H and O–H groups in total. The lowest BCUT2D eigenvalue weighted by Gasteiger charge is -2.02. The maximum atomic E-state index is 5.40. The van der Waals surface area contributed by atoms with E-state index in [9.17, 15) is 0 Å². The number of benzene rings is 1. The summed E-state index contributed by atoms with van der Waals surface area (Å²) in [4.78, 5) is 1.31. The van der Waals surface area contributed by atoms with E-state index >= 15 is 0 Å². The molecule has 2 aromatic rings. The molecule has 90 valence electrons. The fourth-order valence-corrected chi connectivity index (χ4v) is 2.59. The quantitative estimate of drug-likeness (QED) is 0.646. The van der Waals surface area contributed by atoms with E-state index in [-0.39, 0.29) is 0 Å². The Balaban J connectivity index is 1.61. The molecule has 0 aliphatic heterocycles. The minimum atomic E-state index is 0.779. The third kappa shape index (κ3) is 4.58. The summed E-state index contributed by atoms with van der Waals surface area (Å²) in [5.74, 6) is 2.02. The summed E-state index contributed by atoms with van der Waals surface area (Å²) < 4.78 is 6.18. The molecule has 0 radical (unpaired) electrons. The molecule has 2 rings (SSSR count). The Labute approximate surface area is 114 Å². The standard InChI is InChI=1S/C13H14BrNOS/c14-13-7-6-11(16-13)10-15-8-9-17-12-4-2-1-3-5-12/h1-7,15H,8-10H2. The molecule has 1 aromatic carbocycles. The highest BCUT2D eigenvalue weighted by Gasteiger charge is 1.98. The second kappa shape index (κ2) is 6.89. The number of hydrogen-bond acceptors (Lipinski definition) is 3. The van der Waals surface area contributed by atoms with Crippen molar-refractivity contribution in [1.82, 2.24) is 5.32 Å². The molecule has 0 aliphatic carbocycles. The van der Waals surface area contributed by atoms with Gasteiger partial charge in [-0.15, -0.1) is 11.8 Å². The van der Waals surface area contributed by atoms with Gasteiger partial charge in [0.15, 0.2) is 4.67 Å². The van der Waals surface area contributed by atoms with Crippen LogP contribution < -0.4 is 5.32 Å². The Kier molecular flexibility index (Phi) is 5.16. The molecule has 0 fully saturated rings. The monoisotopic (exact) mass is 311 g/mol. The van der Waals surface area contributed by atoms with Gasteiger partial charge in [0.2, 0.25) is 0 Å². The lowest BCUT2D eigenvalue weighted by atomic mass is 10.4. The topological polar surface area (TPSA) is 25.2 Å². The summed E-state index contributed by atoms with van der Waals surface area (Å²) in [6, 6.07) is 14.3. The molecular formula is C13H14BrNOS. The summed E-state index contributed by atoms with van der Waals surface area (Å²) in [6.07, 6.45) is 0. The third-order valence-corrected chi connectivity index (χ3v) is 3.66. The predicted molar refractivity (Wildman–Crippen MR) is 75.3 cm³/mol. The number of thioether (sulfide) groups is 1. The number of halogens is 1. The van der Waals surface area contributed by atoms with Crippen molar-refractivity contribution in [3.05, 3.63) is 52.9 Å². The Morgan fingerprint density at radius 3 is 2.65 bits per heavy atom. The van der Waals surface area contributed by atoms with Gasteiger partial charge >= 0.3 is 0 Å². The average Bonchev–Trinajstić information content (AvgIpc) is 2.76. The van der Waals surface area contributed by atoms with Crippen LogP contribution >= 0.6 is 27.7 Å². The van der Waals surface area contributed by atoms with Crippen LogP contribution in [0.25, 0.3) is 0 Å². The molecule has 0 saturated carbocycles. The van der Waals surface area contributed by atoms with Crippen molar-refractivity contribution < 1.29 is 4.42 Å². The molecule has 0 bridgehead atoms. The predicted octanol–water partition coefficient (Wildman–Crippen LogP) is 3.92. The Morgan fingerprint density at radius 1 is 1.12 bits per heavy atom. The molecule has 2 nitrogen and oxygen atoms in total.